The van der Waals surface area contributed by atoms with Crippen LogP contribution in [-0.4, -0.2) is 35.2 Å². The van der Waals surface area contributed by atoms with E-state index in [1.165, 1.54) is 6.92 Å². The van der Waals surface area contributed by atoms with E-state index in [2.05, 4.69) is 9.72 Å². The van der Waals surface area contributed by atoms with E-state index in [1.807, 2.05) is 0 Å². The Balaban J connectivity index is 0.000000346. The summed E-state index contributed by atoms with van der Waals surface area (Å²) in [6.07, 6.45) is 1.60. The quantitative estimate of drug-likeness (QED) is 0.870. The number of hydrogen-bond acceptors (Lipinski definition) is 5. The van der Waals surface area contributed by atoms with Crippen LogP contribution in [0.15, 0.2) is 30.5 Å². The van der Waals surface area contributed by atoms with E-state index in [0.717, 1.165) is 5.39 Å². The fraction of sp³-hybridized carbons (Fsp3) is 0.267. The van der Waals surface area contributed by atoms with Gasteiger partial charge in [-0.05, 0) is 31.2 Å². The molecular weight excluding hydrogens is 310 g/mol. The van der Waals surface area contributed by atoms with Crippen molar-refractivity contribution in [1.82, 2.24) is 4.98 Å². The van der Waals surface area contributed by atoms with E-state index in [4.69, 9.17) is 21.4 Å². The number of esters is 1. The summed E-state index contributed by atoms with van der Waals surface area (Å²) in [6.45, 7) is 3.26. The fourth-order valence-corrected chi connectivity index (χ4v) is 1.79. The number of carboxylic acid groups (broad SMARTS) is 1. The number of fused-ring (bicyclic) bond motifs is 1. The van der Waals surface area contributed by atoms with Gasteiger partial charge in [-0.3, -0.25) is 9.78 Å². The van der Waals surface area contributed by atoms with E-state index < -0.39 is 12.6 Å². The number of ether oxygens (including phenoxy) is 2. The third-order valence-corrected chi connectivity index (χ3v) is 2.71. The number of hydrogen-bond donors (Lipinski definition) is 1. The molecule has 118 valence electrons. The normalized spacial score (nSPS) is 9.59. The number of carboxylic acids is 1. The van der Waals surface area contributed by atoms with Crippen molar-refractivity contribution >= 4 is 34.4 Å². The van der Waals surface area contributed by atoms with Crippen LogP contribution in [0.2, 0.25) is 5.02 Å². The van der Waals surface area contributed by atoms with Crippen LogP contribution in [0.25, 0.3) is 10.9 Å². The molecule has 1 aromatic carbocycles. The highest BCUT2D eigenvalue weighted by molar-refractivity contribution is 6.35. The molecule has 0 aliphatic rings. The molecule has 0 aliphatic carbocycles. The lowest BCUT2D eigenvalue weighted by Crippen LogP contribution is -2.09. The molecule has 22 heavy (non-hydrogen) atoms. The first-order valence-electron chi connectivity index (χ1n) is 6.46. The molecule has 0 saturated heterocycles. The zero-order chi connectivity index (χ0) is 16.5. The van der Waals surface area contributed by atoms with Crippen LogP contribution in [0.1, 0.15) is 13.8 Å². The van der Waals surface area contributed by atoms with E-state index in [-0.39, 0.29) is 5.97 Å². The lowest BCUT2D eigenvalue weighted by atomic mass is 10.2. The second kappa shape index (κ2) is 8.84. The number of aromatic nitrogens is 1. The van der Waals surface area contributed by atoms with Crippen LogP contribution in [0.4, 0.5) is 0 Å². The summed E-state index contributed by atoms with van der Waals surface area (Å²) >= 11 is 5.98. The Morgan fingerprint density at radius 2 is 2.05 bits per heavy atom. The lowest BCUT2D eigenvalue weighted by Gasteiger charge is -2.07. The zero-order valence-electron chi connectivity index (χ0n) is 12.2. The Labute approximate surface area is 132 Å². The Morgan fingerprint density at radius 1 is 1.32 bits per heavy atom. The van der Waals surface area contributed by atoms with Crippen molar-refractivity contribution in [3.05, 3.63) is 35.5 Å². The number of benzene rings is 1. The zero-order valence-corrected chi connectivity index (χ0v) is 13.0. The van der Waals surface area contributed by atoms with Gasteiger partial charge in [-0.15, -0.1) is 0 Å². The predicted octanol–water partition coefficient (Wildman–Crippen LogP) is 2.92. The summed E-state index contributed by atoms with van der Waals surface area (Å²) in [6, 6.07) is 6.83. The Morgan fingerprint density at radius 3 is 2.59 bits per heavy atom. The highest BCUT2D eigenvalue weighted by atomic mass is 35.5. The highest BCUT2D eigenvalue weighted by Gasteiger charge is 2.07. The number of nitrogens with zero attached hydrogens (tertiary/aromatic N) is 1. The van der Waals surface area contributed by atoms with Crippen molar-refractivity contribution in [2.24, 2.45) is 0 Å². The van der Waals surface area contributed by atoms with Gasteiger partial charge in [0.1, 0.15) is 11.3 Å². The number of pyridine rings is 1. The summed E-state index contributed by atoms with van der Waals surface area (Å²) in [5.74, 6) is -0.820. The van der Waals surface area contributed by atoms with Gasteiger partial charge in [0.05, 0.1) is 11.6 Å². The topological polar surface area (TPSA) is 85.7 Å². The van der Waals surface area contributed by atoms with Crippen molar-refractivity contribution in [3.63, 3.8) is 0 Å². The molecule has 0 radical (unpaired) electrons. The summed E-state index contributed by atoms with van der Waals surface area (Å²) in [4.78, 5) is 24.3. The van der Waals surface area contributed by atoms with Crippen LogP contribution < -0.4 is 4.74 Å². The standard InChI is InChI=1S/C11H8ClNO3.C4H8O2/c12-8-3-4-9(16-6-10(14)15)11-7(8)2-1-5-13-11;1-3-6-4(2)5/h1-5H,6H2,(H,14,15);3H2,1-2H3. The SMILES string of the molecule is CCOC(C)=O.O=C(O)COc1ccc(Cl)c2cccnc12. The molecule has 2 aromatic rings. The molecule has 2 rings (SSSR count). The molecule has 0 bridgehead atoms. The van der Waals surface area contributed by atoms with Crippen molar-refractivity contribution in [2.75, 3.05) is 13.2 Å². The second-order valence-electron chi connectivity index (χ2n) is 4.05. The van der Waals surface area contributed by atoms with E-state index in [1.54, 1.807) is 37.4 Å². The minimum atomic E-state index is -1.03. The monoisotopic (exact) mass is 325 g/mol. The minimum absolute atomic E-state index is 0.211. The molecule has 7 heteroatoms. The smallest absolute Gasteiger partial charge is 0.341 e. The maximum Gasteiger partial charge on any atom is 0.341 e. The maximum atomic E-state index is 10.4. The molecule has 0 amide bonds. The molecule has 0 saturated carbocycles. The first-order chi connectivity index (χ1) is 10.5. The molecule has 0 unspecified atom stereocenters. The van der Waals surface area contributed by atoms with Gasteiger partial charge in [0.15, 0.2) is 6.61 Å². The third kappa shape index (κ3) is 5.57. The first kappa shape index (κ1) is 17.7. The maximum absolute atomic E-state index is 10.4. The predicted molar refractivity (Wildman–Crippen MR) is 82.2 cm³/mol. The molecular formula is C15H16ClNO5. The molecule has 1 N–H and O–H groups in total. The van der Waals surface area contributed by atoms with Gasteiger partial charge in [0, 0.05) is 18.5 Å². The van der Waals surface area contributed by atoms with Crippen molar-refractivity contribution in [2.45, 2.75) is 13.8 Å². The van der Waals surface area contributed by atoms with Crippen molar-refractivity contribution < 1.29 is 24.2 Å². The first-order valence-corrected chi connectivity index (χ1v) is 6.84. The molecule has 0 aliphatic heterocycles. The Hall–Kier alpha value is -2.34. The number of carbonyl (C=O) groups is 2. The van der Waals surface area contributed by atoms with Gasteiger partial charge in [-0.25, -0.2) is 4.79 Å². The highest BCUT2D eigenvalue weighted by Crippen LogP contribution is 2.29. The summed E-state index contributed by atoms with van der Waals surface area (Å²) < 4.78 is 9.52. The largest absolute Gasteiger partial charge is 0.480 e. The van der Waals surface area contributed by atoms with Crippen molar-refractivity contribution in [3.8, 4) is 5.75 Å². The van der Waals surface area contributed by atoms with Gasteiger partial charge < -0.3 is 14.6 Å². The van der Waals surface area contributed by atoms with Gasteiger partial charge in [-0.1, -0.05) is 11.6 Å². The van der Waals surface area contributed by atoms with E-state index >= 15 is 0 Å². The van der Waals surface area contributed by atoms with Gasteiger partial charge >= 0.3 is 11.9 Å². The van der Waals surface area contributed by atoms with Gasteiger partial charge in [0.2, 0.25) is 0 Å². The Bertz CT molecular complexity index is 659. The molecule has 0 fully saturated rings. The minimum Gasteiger partial charge on any atom is -0.480 e. The second-order valence-corrected chi connectivity index (χ2v) is 4.46. The molecule has 1 aromatic heterocycles. The molecule has 0 spiro atoms. The van der Waals surface area contributed by atoms with E-state index in [9.17, 15) is 9.59 Å². The third-order valence-electron chi connectivity index (χ3n) is 2.38. The van der Waals surface area contributed by atoms with Crippen LogP contribution in [0.5, 0.6) is 5.75 Å². The number of rotatable bonds is 4. The summed E-state index contributed by atoms with van der Waals surface area (Å²) in [7, 11) is 0. The molecule has 0 atom stereocenters. The van der Waals surface area contributed by atoms with Gasteiger partial charge in [0.25, 0.3) is 0 Å². The number of halogens is 1. The van der Waals surface area contributed by atoms with E-state index in [0.29, 0.717) is 22.9 Å². The Kier molecular flexibility index (Phi) is 7.12. The van der Waals surface area contributed by atoms with Crippen molar-refractivity contribution in [1.29, 1.82) is 0 Å². The average Bonchev–Trinajstić information content (AvgIpc) is 2.47. The van der Waals surface area contributed by atoms with Crippen LogP contribution in [-0.2, 0) is 14.3 Å². The van der Waals surface area contributed by atoms with Crippen LogP contribution in [0.3, 0.4) is 0 Å². The fourth-order valence-electron chi connectivity index (χ4n) is 1.57. The van der Waals surface area contributed by atoms with Crippen LogP contribution >= 0.6 is 11.6 Å². The molecule has 6 nitrogen and oxygen atoms in total. The number of carbonyl (C=O) groups excluding carboxylic acids is 1. The van der Waals surface area contributed by atoms with Crippen LogP contribution in [0, 0.1) is 0 Å². The molecule has 1 heterocycles. The lowest BCUT2D eigenvalue weighted by molar-refractivity contribution is -0.140. The summed E-state index contributed by atoms with van der Waals surface area (Å²) in [5, 5.41) is 9.83. The van der Waals surface area contributed by atoms with Gasteiger partial charge in [-0.2, -0.15) is 0 Å². The average molecular weight is 326 g/mol. The number of aliphatic carboxylic acids is 1. The summed E-state index contributed by atoms with van der Waals surface area (Å²) in [5.41, 5.74) is 0.566.